The van der Waals surface area contributed by atoms with Crippen LogP contribution in [0.5, 0.6) is 5.75 Å². The van der Waals surface area contributed by atoms with Gasteiger partial charge in [0.25, 0.3) is 0 Å². The number of carbonyl (C=O) groups is 3. The van der Waals surface area contributed by atoms with Gasteiger partial charge in [-0.25, -0.2) is 9.18 Å². The first-order valence-corrected chi connectivity index (χ1v) is 11.1. The van der Waals surface area contributed by atoms with E-state index in [1.165, 1.54) is 0 Å². The van der Waals surface area contributed by atoms with E-state index in [1.807, 2.05) is 6.92 Å². The molecule has 2 atom stereocenters. The van der Waals surface area contributed by atoms with Crippen molar-refractivity contribution in [2.24, 2.45) is 5.41 Å². The van der Waals surface area contributed by atoms with Crippen molar-refractivity contribution in [1.82, 2.24) is 20.9 Å². The molecule has 0 aromatic heterocycles. The zero-order chi connectivity index (χ0) is 24.9. The summed E-state index contributed by atoms with van der Waals surface area (Å²) in [5.74, 6) is -1.72. The van der Waals surface area contributed by atoms with E-state index in [0.29, 0.717) is 38.4 Å². The molecule has 8 nitrogen and oxygen atoms in total. The molecule has 1 saturated heterocycles. The van der Waals surface area contributed by atoms with Gasteiger partial charge in [-0.2, -0.15) is 0 Å². The maximum absolute atomic E-state index is 14.3. The predicted molar refractivity (Wildman–Crippen MR) is 113 cm³/mol. The molecule has 1 heterocycles. The molecule has 188 valence electrons. The molecule has 1 aliphatic carbocycles. The van der Waals surface area contributed by atoms with E-state index in [9.17, 15) is 31.9 Å². The summed E-state index contributed by atoms with van der Waals surface area (Å²) in [4.78, 5) is 37.6. The van der Waals surface area contributed by atoms with Crippen molar-refractivity contribution in [3.63, 3.8) is 0 Å². The molecular weight excluding hydrogens is 460 g/mol. The highest BCUT2D eigenvalue weighted by Gasteiger charge is 2.44. The zero-order valence-corrected chi connectivity index (χ0v) is 18.7. The maximum Gasteiger partial charge on any atom is 0.573 e. The summed E-state index contributed by atoms with van der Waals surface area (Å²) >= 11 is 0. The van der Waals surface area contributed by atoms with Crippen molar-refractivity contribution in [2.45, 2.75) is 64.0 Å². The quantitative estimate of drug-likeness (QED) is 0.330. The number of urea groups is 1. The lowest BCUT2D eigenvalue weighted by Gasteiger charge is -2.37. The Labute approximate surface area is 194 Å². The summed E-state index contributed by atoms with van der Waals surface area (Å²) in [5.41, 5.74) is -0.504. The number of benzene rings is 1. The molecule has 1 aliphatic heterocycles. The van der Waals surface area contributed by atoms with Crippen molar-refractivity contribution >= 4 is 18.3 Å². The molecule has 0 bridgehead atoms. The van der Waals surface area contributed by atoms with Gasteiger partial charge < -0.3 is 25.6 Å². The van der Waals surface area contributed by atoms with Crippen LogP contribution >= 0.6 is 0 Å². The largest absolute Gasteiger partial charge is 0.573 e. The molecule has 1 aromatic carbocycles. The molecule has 2 unspecified atom stereocenters. The van der Waals surface area contributed by atoms with Crippen LogP contribution in [0.25, 0.3) is 0 Å². The van der Waals surface area contributed by atoms with Crippen LogP contribution in [-0.4, -0.2) is 54.8 Å². The van der Waals surface area contributed by atoms with Crippen LogP contribution in [0.1, 0.15) is 44.6 Å². The Hall–Kier alpha value is -3.05. The average molecular weight is 488 g/mol. The van der Waals surface area contributed by atoms with Crippen molar-refractivity contribution < 1.29 is 36.7 Å². The number of nitrogens with zero attached hydrogens (tertiary/aromatic N) is 1. The summed E-state index contributed by atoms with van der Waals surface area (Å²) in [6, 6.07) is 2.11. The fourth-order valence-electron chi connectivity index (χ4n) is 4.40. The van der Waals surface area contributed by atoms with Crippen molar-refractivity contribution in [3.8, 4) is 5.75 Å². The Morgan fingerprint density at radius 1 is 1.38 bits per heavy atom. The van der Waals surface area contributed by atoms with Crippen LogP contribution in [0.4, 0.5) is 22.4 Å². The van der Waals surface area contributed by atoms with Crippen LogP contribution in [0, 0.1) is 11.2 Å². The fourth-order valence-corrected chi connectivity index (χ4v) is 4.40. The van der Waals surface area contributed by atoms with E-state index in [-0.39, 0.29) is 36.5 Å². The third kappa shape index (κ3) is 6.73. The lowest BCUT2D eigenvalue weighted by molar-refractivity contribution is -0.274. The highest BCUT2D eigenvalue weighted by Crippen LogP contribution is 2.37. The number of halogens is 4. The number of carbonyl (C=O) groups excluding carboxylic acids is 3. The molecule has 2 fully saturated rings. The second kappa shape index (κ2) is 10.5. The number of hydrogen-bond acceptors (Lipinski definition) is 4. The number of ether oxygens (including phenoxy) is 1. The predicted octanol–water partition coefficient (Wildman–Crippen LogP) is 2.82. The third-order valence-corrected chi connectivity index (χ3v) is 6.15. The maximum atomic E-state index is 14.3. The van der Waals surface area contributed by atoms with Gasteiger partial charge in [-0.15, -0.1) is 13.2 Å². The summed E-state index contributed by atoms with van der Waals surface area (Å²) in [6.45, 7) is 2.40. The molecule has 12 heteroatoms. The second-order valence-corrected chi connectivity index (χ2v) is 8.82. The summed E-state index contributed by atoms with van der Waals surface area (Å²) in [6.07, 6.45) is -1.38. The number of hydrogen-bond donors (Lipinski definition) is 3. The van der Waals surface area contributed by atoms with Crippen LogP contribution in [-0.2, 0) is 16.1 Å². The Bertz CT molecular complexity index is 909. The van der Waals surface area contributed by atoms with Gasteiger partial charge in [0.2, 0.25) is 12.3 Å². The average Bonchev–Trinajstić information content (AvgIpc) is 3.52. The monoisotopic (exact) mass is 488 g/mol. The molecule has 1 saturated carbocycles. The van der Waals surface area contributed by atoms with E-state index >= 15 is 0 Å². The topological polar surface area (TPSA) is 99.8 Å². The molecule has 4 amide bonds. The Balaban J connectivity index is 1.67. The minimum absolute atomic E-state index is 0.0125. The number of rotatable bonds is 11. The number of alkyl halides is 3. The van der Waals surface area contributed by atoms with Gasteiger partial charge in [-0.1, -0.05) is 13.0 Å². The van der Waals surface area contributed by atoms with Crippen LogP contribution in [0.2, 0.25) is 0 Å². The van der Waals surface area contributed by atoms with E-state index < -0.39 is 29.4 Å². The Morgan fingerprint density at radius 3 is 2.65 bits per heavy atom. The van der Waals surface area contributed by atoms with Crippen LogP contribution in [0.3, 0.4) is 0 Å². The molecule has 3 N–H and O–H groups in total. The van der Waals surface area contributed by atoms with Gasteiger partial charge in [0.15, 0.2) is 0 Å². The lowest BCUT2D eigenvalue weighted by Crippen LogP contribution is -2.50. The zero-order valence-electron chi connectivity index (χ0n) is 18.7. The summed E-state index contributed by atoms with van der Waals surface area (Å²) < 4.78 is 54.9. The first-order chi connectivity index (χ1) is 16.1. The van der Waals surface area contributed by atoms with Crippen molar-refractivity contribution in [1.29, 1.82) is 0 Å². The number of nitrogens with one attached hydrogen (secondary N) is 3. The Kier molecular flexibility index (Phi) is 7.88. The second-order valence-electron chi connectivity index (χ2n) is 8.82. The summed E-state index contributed by atoms with van der Waals surface area (Å²) in [7, 11) is 0. The minimum atomic E-state index is -4.93. The minimum Gasteiger partial charge on any atom is -0.406 e. The van der Waals surface area contributed by atoms with E-state index in [4.69, 9.17) is 0 Å². The van der Waals surface area contributed by atoms with E-state index in [0.717, 1.165) is 25.0 Å². The van der Waals surface area contributed by atoms with Gasteiger partial charge in [0.05, 0.1) is 0 Å². The molecule has 0 radical (unpaired) electrons. The van der Waals surface area contributed by atoms with Gasteiger partial charge >= 0.3 is 12.4 Å². The van der Waals surface area contributed by atoms with Gasteiger partial charge in [-0.3, -0.25) is 9.59 Å². The van der Waals surface area contributed by atoms with E-state index in [1.54, 1.807) is 4.90 Å². The highest BCUT2D eigenvalue weighted by atomic mass is 19.4. The first kappa shape index (κ1) is 25.6. The SMILES string of the molecule is CCC(CC1(CNC=O)CNC(=O)C1)N(C(=O)NCc1ccc(OC(F)(F)F)cc1F)C1CC1. The standard InChI is InChI=1S/C22H28F4N4O4/c1-2-15(8-21(11-27-13-31)9-19(32)29-12-21)30(16-4-5-16)20(33)28-10-14-3-6-17(7-18(14)23)34-22(24,25)26/h3,6-7,13,15-16H,2,4-5,8-12H2,1H3,(H,27,31)(H,28,33)(H,29,32). The van der Waals surface area contributed by atoms with Crippen LogP contribution < -0.4 is 20.7 Å². The number of amides is 4. The molecule has 34 heavy (non-hydrogen) atoms. The lowest BCUT2D eigenvalue weighted by atomic mass is 9.79. The fraction of sp³-hybridized carbons (Fsp3) is 0.591. The molecule has 2 aliphatic rings. The van der Waals surface area contributed by atoms with Crippen molar-refractivity contribution in [3.05, 3.63) is 29.6 Å². The highest BCUT2D eigenvalue weighted by molar-refractivity contribution is 5.79. The van der Waals surface area contributed by atoms with Gasteiger partial charge in [0, 0.05) is 55.2 Å². The van der Waals surface area contributed by atoms with Gasteiger partial charge in [-0.05, 0) is 31.7 Å². The van der Waals surface area contributed by atoms with Gasteiger partial charge in [0.1, 0.15) is 11.6 Å². The normalized spacial score (nSPS) is 20.9. The van der Waals surface area contributed by atoms with Crippen LogP contribution in [0.15, 0.2) is 18.2 Å². The van der Waals surface area contributed by atoms with E-state index in [2.05, 4.69) is 20.7 Å². The first-order valence-electron chi connectivity index (χ1n) is 11.1. The molecular formula is C22H28F4N4O4. The van der Waals surface area contributed by atoms with Crippen molar-refractivity contribution in [2.75, 3.05) is 13.1 Å². The molecule has 1 aromatic rings. The Morgan fingerprint density at radius 2 is 2.12 bits per heavy atom. The molecule has 0 spiro atoms. The molecule has 3 rings (SSSR count). The third-order valence-electron chi connectivity index (χ3n) is 6.15. The smallest absolute Gasteiger partial charge is 0.406 e. The summed E-state index contributed by atoms with van der Waals surface area (Å²) in [5, 5.41) is 8.11.